The largest absolute Gasteiger partial charge is 0.444 e. The van der Waals surface area contributed by atoms with Crippen molar-refractivity contribution < 1.29 is 24.2 Å². The molecule has 1 heterocycles. The fraction of sp³-hybridized carbons (Fsp3) is 0.529. The van der Waals surface area contributed by atoms with Crippen LogP contribution in [0.1, 0.15) is 26.3 Å². The van der Waals surface area contributed by atoms with Gasteiger partial charge in [0.05, 0.1) is 29.8 Å². The second-order valence-corrected chi connectivity index (χ2v) is 7.60. The zero-order valence-corrected chi connectivity index (χ0v) is 15.9. The third kappa shape index (κ3) is 4.44. The predicted octanol–water partition coefficient (Wildman–Crippen LogP) is 3.02. The van der Waals surface area contributed by atoms with Crippen LogP contribution in [0.5, 0.6) is 0 Å². The molecule has 25 heavy (non-hydrogen) atoms. The van der Waals surface area contributed by atoms with Gasteiger partial charge in [0.1, 0.15) is 5.60 Å². The lowest BCUT2D eigenvalue weighted by molar-refractivity contribution is -0.148. The molecule has 1 amide bonds. The number of nitrogens with zero attached hydrogens (tertiary/aromatic N) is 1. The summed E-state index contributed by atoms with van der Waals surface area (Å²) in [4.78, 5) is 26.3. The third-order valence-corrected chi connectivity index (χ3v) is 4.49. The molecule has 0 aliphatic carbocycles. The second kappa shape index (κ2) is 7.50. The molecule has 2 rings (SSSR count). The Kier molecular flexibility index (Phi) is 5.99. The summed E-state index contributed by atoms with van der Waals surface area (Å²) in [6.45, 7) is 4.65. The number of benzene rings is 1. The van der Waals surface area contributed by atoms with Gasteiger partial charge in [-0.15, -0.1) is 0 Å². The summed E-state index contributed by atoms with van der Waals surface area (Å²) < 4.78 is 11.0. The molecule has 1 unspecified atom stereocenters. The highest BCUT2D eigenvalue weighted by Crippen LogP contribution is 2.33. The maximum Gasteiger partial charge on any atom is 0.410 e. The van der Waals surface area contributed by atoms with Crippen LogP contribution < -0.4 is 0 Å². The van der Waals surface area contributed by atoms with E-state index in [-0.39, 0.29) is 24.7 Å². The number of carbonyl (C=O) groups excluding carboxylic acids is 2. The van der Waals surface area contributed by atoms with Crippen molar-refractivity contribution in [1.82, 2.24) is 4.90 Å². The van der Waals surface area contributed by atoms with E-state index in [1.807, 2.05) is 0 Å². The molecule has 1 N–H and O–H groups in total. The molecule has 0 spiro atoms. The first-order chi connectivity index (χ1) is 11.6. The van der Waals surface area contributed by atoms with Crippen LogP contribution in [0.15, 0.2) is 18.2 Å². The lowest BCUT2D eigenvalue weighted by Gasteiger charge is -2.29. The van der Waals surface area contributed by atoms with Crippen LogP contribution >= 0.6 is 23.2 Å². The van der Waals surface area contributed by atoms with Gasteiger partial charge in [0.25, 0.3) is 0 Å². The SMILES string of the molecule is CC(C)(C)OC(=O)N1CCOC(CO)(c2ccc(Cl)c(Cl)c2)C(=O)C1. The number of Topliss-reactive ketones (excluding diaryl/α,β-unsaturated/α-hetero) is 1. The quantitative estimate of drug-likeness (QED) is 0.840. The number of amides is 1. The monoisotopic (exact) mass is 389 g/mol. The molecule has 138 valence electrons. The number of aliphatic hydroxyl groups is 1. The summed E-state index contributed by atoms with van der Waals surface area (Å²) in [7, 11) is 0. The predicted molar refractivity (Wildman–Crippen MR) is 94.0 cm³/mol. The summed E-state index contributed by atoms with van der Waals surface area (Å²) in [6, 6.07) is 4.59. The molecule has 8 heteroatoms. The van der Waals surface area contributed by atoms with Crippen molar-refractivity contribution in [1.29, 1.82) is 0 Å². The summed E-state index contributed by atoms with van der Waals surface area (Å²) >= 11 is 11.9. The van der Waals surface area contributed by atoms with Gasteiger partial charge in [0, 0.05) is 6.54 Å². The second-order valence-electron chi connectivity index (χ2n) is 6.79. The fourth-order valence-electron chi connectivity index (χ4n) is 2.49. The van der Waals surface area contributed by atoms with Crippen molar-refractivity contribution in [2.45, 2.75) is 32.0 Å². The smallest absolute Gasteiger partial charge is 0.410 e. The highest BCUT2D eigenvalue weighted by Gasteiger charge is 2.44. The van der Waals surface area contributed by atoms with Crippen molar-refractivity contribution in [3.8, 4) is 0 Å². The average molecular weight is 390 g/mol. The van der Waals surface area contributed by atoms with E-state index >= 15 is 0 Å². The molecule has 0 saturated carbocycles. The minimum atomic E-state index is -1.59. The first-order valence-electron chi connectivity index (χ1n) is 7.80. The topological polar surface area (TPSA) is 76.1 Å². The van der Waals surface area contributed by atoms with Crippen molar-refractivity contribution in [2.24, 2.45) is 0 Å². The van der Waals surface area contributed by atoms with Crippen molar-refractivity contribution in [3.05, 3.63) is 33.8 Å². The first-order valence-corrected chi connectivity index (χ1v) is 8.56. The average Bonchev–Trinajstić information content (AvgIpc) is 2.68. The highest BCUT2D eigenvalue weighted by atomic mass is 35.5. The molecule has 0 aromatic heterocycles. The maximum atomic E-state index is 12.8. The fourth-order valence-corrected chi connectivity index (χ4v) is 2.79. The number of halogens is 2. The van der Waals surface area contributed by atoms with Gasteiger partial charge in [-0.3, -0.25) is 9.69 Å². The van der Waals surface area contributed by atoms with Gasteiger partial charge in [-0.25, -0.2) is 4.79 Å². The van der Waals surface area contributed by atoms with E-state index in [9.17, 15) is 14.7 Å². The van der Waals surface area contributed by atoms with Crippen molar-refractivity contribution in [2.75, 3.05) is 26.3 Å². The molecule has 1 atom stereocenters. The van der Waals surface area contributed by atoms with Crippen molar-refractivity contribution in [3.63, 3.8) is 0 Å². The van der Waals surface area contributed by atoms with E-state index in [1.165, 1.54) is 17.0 Å². The number of carbonyl (C=O) groups is 2. The summed E-state index contributed by atoms with van der Waals surface area (Å²) in [5.41, 5.74) is -1.88. The number of hydrogen-bond donors (Lipinski definition) is 1. The van der Waals surface area contributed by atoms with E-state index in [2.05, 4.69) is 0 Å². The van der Waals surface area contributed by atoms with Gasteiger partial charge in [-0.05, 0) is 38.5 Å². The molecular weight excluding hydrogens is 369 g/mol. The minimum Gasteiger partial charge on any atom is -0.444 e. The van der Waals surface area contributed by atoms with Crippen LogP contribution in [0, 0.1) is 0 Å². The number of ether oxygens (including phenoxy) is 2. The molecular formula is C17H21Cl2NO5. The Morgan fingerprint density at radius 1 is 1.36 bits per heavy atom. The molecule has 1 fully saturated rings. The Morgan fingerprint density at radius 2 is 2.04 bits per heavy atom. The van der Waals surface area contributed by atoms with Crippen LogP contribution in [0.25, 0.3) is 0 Å². The van der Waals surface area contributed by atoms with E-state index in [0.29, 0.717) is 10.6 Å². The lowest BCUT2D eigenvalue weighted by Crippen LogP contribution is -2.46. The molecule has 0 bridgehead atoms. The van der Waals surface area contributed by atoms with Gasteiger partial charge >= 0.3 is 6.09 Å². The van der Waals surface area contributed by atoms with E-state index in [1.54, 1.807) is 26.8 Å². The molecule has 1 aromatic rings. The number of ketones is 1. The zero-order valence-electron chi connectivity index (χ0n) is 14.3. The Balaban J connectivity index is 2.29. The Morgan fingerprint density at radius 3 is 2.60 bits per heavy atom. The minimum absolute atomic E-state index is 0.0613. The van der Waals surface area contributed by atoms with Crippen LogP contribution in [0.2, 0.25) is 10.0 Å². The lowest BCUT2D eigenvalue weighted by atomic mass is 9.89. The van der Waals surface area contributed by atoms with Crippen LogP contribution in [-0.4, -0.2) is 53.8 Å². The standard InChI is InChI=1S/C17H21Cl2NO5/c1-16(2,3)25-15(23)20-6-7-24-17(10-21,14(22)9-20)11-4-5-12(18)13(19)8-11/h4-5,8,21H,6-7,9-10H2,1-3H3. The Bertz CT molecular complexity index is 673. The van der Waals surface area contributed by atoms with Crippen LogP contribution in [0.3, 0.4) is 0 Å². The van der Waals surface area contributed by atoms with E-state index in [4.69, 9.17) is 32.7 Å². The van der Waals surface area contributed by atoms with Crippen LogP contribution in [-0.2, 0) is 19.9 Å². The van der Waals surface area contributed by atoms with Gasteiger partial charge < -0.3 is 14.6 Å². The zero-order chi connectivity index (χ0) is 18.8. The summed E-state index contributed by atoms with van der Waals surface area (Å²) in [5, 5.41) is 10.5. The maximum absolute atomic E-state index is 12.8. The van der Waals surface area contributed by atoms with Gasteiger partial charge in [-0.1, -0.05) is 29.3 Å². The van der Waals surface area contributed by atoms with Crippen molar-refractivity contribution >= 4 is 35.1 Å². The van der Waals surface area contributed by atoms with E-state index < -0.39 is 29.7 Å². The molecule has 6 nitrogen and oxygen atoms in total. The number of aliphatic hydroxyl groups excluding tert-OH is 1. The summed E-state index contributed by atoms with van der Waals surface area (Å²) in [6.07, 6.45) is -0.604. The molecule has 1 aliphatic rings. The molecule has 1 saturated heterocycles. The number of hydrogen-bond acceptors (Lipinski definition) is 5. The molecule has 1 aromatic carbocycles. The molecule has 1 aliphatic heterocycles. The Labute approximate surface area is 156 Å². The highest BCUT2D eigenvalue weighted by molar-refractivity contribution is 6.42. The molecule has 0 radical (unpaired) electrons. The normalized spacial score (nSPS) is 21.8. The van der Waals surface area contributed by atoms with Gasteiger partial charge in [0.15, 0.2) is 11.4 Å². The van der Waals surface area contributed by atoms with Gasteiger partial charge in [-0.2, -0.15) is 0 Å². The van der Waals surface area contributed by atoms with Gasteiger partial charge in [0.2, 0.25) is 0 Å². The first kappa shape index (κ1) is 20.0. The summed E-state index contributed by atoms with van der Waals surface area (Å²) in [5.74, 6) is -0.461. The van der Waals surface area contributed by atoms with Crippen LogP contribution in [0.4, 0.5) is 4.79 Å². The Hall–Kier alpha value is -1.34. The number of rotatable bonds is 2. The third-order valence-electron chi connectivity index (χ3n) is 3.75. The van der Waals surface area contributed by atoms with E-state index in [0.717, 1.165) is 0 Å².